The van der Waals surface area contributed by atoms with Gasteiger partial charge in [-0.3, -0.25) is 4.79 Å². The van der Waals surface area contributed by atoms with Crippen LogP contribution in [0.25, 0.3) is 0 Å². The Hall–Kier alpha value is -0.690. The molecule has 0 N–H and O–H groups in total. The monoisotopic (exact) mass is 335 g/mol. The third-order valence-corrected chi connectivity index (χ3v) is 2.52. The van der Waals surface area contributed by atoms with Crippen LogP contribution in [0, 0.1) is 0 Å². The summed E-state index contributed by atoms with van der Waals surface area (Å²) in [7, 11) is 1.93. The molecule has 1 aromatic heterocycles. The van der Waals surface area contributed by atoms with E-state index in [-0.39, 0.29) is 29.9 Å². The van der Waals surface area contributed by atoms with Gasteiger partial charge in [0.2, 0.25) is 0 Å². The standard InChI is InChI=1S/C11H15N2O2.HI/c1-12-4-2-10(3-5-12)11(14)13-6-8-15-9-7-13;/h2-5H,6-9H2,1H3;1H/q+1;. The van der Waals surface area contributed by atoms with Crippen LogP contribution in [-0.2, 0) is 11.8 Å². The van der Waals surface area contributed by atoms with E-state index in [4.69, 9.17) is 4.74 Å². The maximum absolute atomic E-state index is 12.0. The molecule has 4 nitrogen and oxygen atoms in total. The number of rotatable bonds is 1. The first-order valence-electron chi connectivity index (χ1n) is 5.10. The SMILES string of the molecule is C[n+]1ccc(C(=O)N2CCOCC2)cc1.I. The number of hydrogen-bond acceptors (Lipinski definition) is 2. The molecule has 5 heteroatoms. The summed E-state index contributed by atoms with van der Waals surface area (Å²) in [6, 6.07) is 3.69. The van der Waals surface area contributed by atoms with Crippen LogP contribution in [-0.4, -0.2) is 37.1 Å². The smallest absolute Gasteiger partial charge is 0.254 e. The number of morpholine rings is 1. The lowest BCUT2D eigenvalue weighted by Gasteiger charge is -2.26. The Morgan fingerprint density at radius 1 is 1.31 bits per heavy atom. The summed E-state index contributed by atoms with van der Waals surface area (Å²) >= 11 is 0. The van der Waals surface area contributed by atoms with Crippen LogP contribution in [0.4, 0.5) is 0 Å². The molecule has 0 bridgehead atoms. The van der Waals surface area contributed by atoms with Crippen molar-refractivity contribution in [1.82, 2.24) is 4.90 Å². The zero-order valence-corrected chi connectivity index (χ0v) is 11.6. The van der Waals surface area contributed by atoms with Gasteiger partial charge in [0.25, 0.3) is 5.91 Å². The summed E-state index contributed by atoms with van der Waals surface area (Å²) in [5, 5.41) is 0. The maximum atomic E-state index is 12.0. The van der Waals surface area contributed by atoms with Gasteiger partial charge in [-0.15, -0.1) is 24.0 Å². The minimum atomic E-state index is 0. The van der Waals surface area contributed by atoms with E-state index in [1.54, 1.807) is 0 Å². The molecule has 1 saturated heterocycles. The molecule has 1 aliphatic rings. The van der Waals surface area contributed by atoms with Crippen molar-refractivity contribution in [3.05, 3.63) is 30.1 Å². The molecule has 0 saturated carbocycles. The fourth-order valence-corrected chi connectivity index (χ4v) is 1.59. The fourth-order valence-electron chi connectivity index (χ4n) is 1.59. The molecule has 16 heavy (non-hydrogen) atoms. The molecule has 88 valence electrons. The fraction of sp³-hybridized carbons (Fsp3) is 0.455. The third-order valence-electron chi connectivity index (χ3n) is 2.52. The van der Waals surface area contributed by atoms with Crippen molar-refractivity contribution in [3.63, 3.8) is 0 Å². The third kappa shape index (κ3) is 3.15. The highest BCUT2D eigenvalue weighted by molar-refractivity contribution is 14.0. The van der Waals surface area contributed by atoms with Crippen LogP contribution in [0.1, 0.15) is 10.4 Å². The number of nitrogens with zero attached hydrogens (tertiary/aromatic N) is 2. The molecule has 0 aliphatic carbocycles. The second-order valence-corrected chi connectivity index (χ2v) is 3.66. The summed E-state index contributed by atoms with van der Waals surface area (Å²) in [5.74, 6) is 0.0962. The van der Waals surface area contributed by atoms with Gasteiger partial charge in [-0.25, -0.2) is 4.57 Å². The summed E-state index contributed by atoms with van der Waals surface area (Å²) in [6.45, 7) is 2.68. The molecule has 0 atom stereocenters. The molecule has 0 spiro atoms. The number of halogens is 1. The highest BCUT2D eigenvalue weighted by Crippen LogP contribution is 2.05. The lowest BCUT2D eigenvalue weighted by atomic mass is 10.2. The van der Waals surface area contributed by atoms with Crippen molar-refractivity contribution in [2.45, 2.75) is 0 Å². The van der Waals surface area contributed by atoms with Gasteiger partial charge in [0.15, 0.2) is 12.4 Å². The number of carbonyl (C=O) groups excluding carboxylic acids is 1. The minimum Gasteiger partial charge on any atom is -0.378 e. The Labute approximate surface area is 112 Å². The van der Waals surface area contributed by atoms with Crippen LogP contribution in [0.2, 0.25) is 0 Å². The molecule has 0 aromatic carbocycles. The number of pyridine rings is 1. The Kier molecular flexibility index (Phi) is 5.14. The molecule has 1 amide bonds. The van der Waals surface area contributed by atoms with E-state index in [9.17, 15) is 4.79 Å². The molecule has 2 rings (SSSR count). The largest absolute Gasteiger partial charge is 0.378 e. The Balaban J connectivity index is 0.00000128. The van der Waals surface area contributed by atoms with Gasteiger partial charge in [0.05, 0.1) is 18.8 Å². The molecule has 1 fully saturated rings. The van der Waals surface area contributed by atoms with Crippen LogP contribution < -0.4 is 4.57 Å². The number of carbonyl (C=O) groups is 1. The first kappa shape index (κ1) is 13.4. The Morgan fingerprint density at radius 2 is 1.88 bits per heavy atom. The van der Waals surface area contributed by atoms with Crippen molar-refractivity contribution in [1.29, 1.82) is 0 Å². The van der Waals surface area contributed by atoms with Gasteiger partial charge in [-0.1, -0.05) is 0 Å². The van der Waals surface area contributed by atoms with Crippen molar-refractivity contribution < 1.29 is 14.1 Å². The maximum Gasteiger partial charge on any atom is 0.254 e. The molecular formula is C11H16IN2O2+. The molecule has 1 aliphatic heterocycles. The number of aryl methyl sites for hydroxylation is 1. The first-order chi connectivity index (χ1) is 7.27. The quantitative estimate of drug-likeness (QED) is 0.556. The second-order valence-electron chi connectivity index (χ2n) is 3.66. The summed E-state index contributed by atoms with van der Waals surface area (Å²) < 4.78 is 7.12. The Morgan fingerprint density at radius 3 is 2.44 bits per heavy atom. The lowest BCUT2D eigenvalue weighted by Crippen LogP contribution is -2.41. The normalized spacial score (nSPS) is 15.4. The number of amides is 1. The summed E-state index contributed by atoms with van der Waals surface area (Å²) in [5.41, 5.74) is 0.745. The second kappa shape index (κ2) is 6.15. The predicted molar refractivity (Wildman–Crippen MR) is 69.8 cm³/mol. The predicted octanol–water partition coefficient (Wildman–Crippen LogP) is 0.601. The number of ether oxygens (including phenoxy) is 1. The summed E-state index contributed by atoms with van der Waals surface area (Å²) in [4.78, 5) is 13.8. The number of aromatic nitrogens is 1. The highest BCUT2D eigenvalue weighted by Gasteiger charge is 2.18. The Bertz CT molecular complexity index is 348. The lowest BCUT2D eigenvalue weighted by molar-refractivity contribution is -0.671. The van der Waals surface area contributed by atoms with Gasteiger partial charge < -0.3 is 9.64 Å². The van der Waals surface area contributed by atoms with Crippen molar-refractivity contribution >= 4 is 29.9 Å². The van der Waals surface area contributed by atoms with E-state index in [1.807, 2.05) is 41.0 Å². The topological polar surface area (TPSA) is 33.4 Å². The van der Waals surface area contributed by atoms with E-state index in [0.717, 1.165) is 5.56 Å². The number of hydrogen-bond donors (Lipinski definition) is 0. The van der Waals surface area contributed by atoms with E-state index < -0.39 is 0 Å². The van der Waals surface area contributed by atoms with Crippen LogP contribution in [0.3, 0.4) is 0 Å². The first-order valence-corrected chi connectivity index (χ1v) is 5.10. The van der Waals surface area contributed by atoms with Crippen molar-refractivity contribution in [2.24, 2.45) is 7.05 Å². The highest BCUT2D eigenvalue weighted by atomic mass is 127. The van der Waals surface area contributed by atoms with E-state index >= 15 is 0 Å². The minimum absolute atomic E-state index is 0. The molecular weight excluding hydrogens is 319 g/mol. The van der Waals surface area contributed by atoms with Crippen molar-refractivity contribution in [2.75, 3.05) is 26.3 Å². The van der Waals surface area contributed by atoms with Gasteiger partial charge >= 0.3 is 0 Å². The summed E-state index contributed by atoms with van der Waals surface area (Å²) in [6.07, 6.45) is 3.77. The average Bonchev–Trinajstić information content (AvgIpc) is 2.30. The molecule has 2 heterocycles. The van der Waals surface area contributed by atoms with E-state index in [1.165, 1.54) is 0 Å². The molecule has 0 unspecified atom stereocenters. The molecule has 0 radical (unpaired) electrons. The zero-order valence-electron chi connectivity index (χ0n) is 9.26. The average molecular weight is 335 g/mol. The van der Waals surface area contributed by atoms with Gasteiger partial charge in [0, 0.05) is 25.2 Å². The van der Waals surface area contributed by atoms with Crippen LogP contribution in [0.5, 0.6) is 0 Å². The zero-order chi connectivity index (χ0) is 10.7. The van der Waals surface area contributed by atoms with E-state index in [2.05, 4.69) is 0 Å². The van der Waals surface area contributed by atoms with Crippen LogP contribution in [0.15, 0.2) is 24.5 Å². The van der Waals surface area contributed by atoms with E-state index in [0.29, 0.717) is 26.3 Å². The van der Waals surface area contributed by atoms with Crippen molar-refractivity contribution in [3.8, 4) is 0 Å². The van der Waals surface area contributed by atoms with Crippen LogP contribution >= 0.6 is 24.0 Å². The van der Waals surface area contributed by atoms with Gasteiger partial charge in [-0.2, -0.15) is 0 Å². The molecule has 1 aromatic rings. The van der Waals surface area contributed by atoms with Gasteiger partial charge in [0.1, 0.15) is 7.05 Å². The van der Waals surface area contributed by atoms with Gasteiger partial charge in [-0.05, 0) is 0 Å².